The van der Waals surface area contributed by atoms with Crippen molar-refractivity contribution in [2.45, 2.75) is 47.3 Å². The molecular formula is C21H26N2O2. The second kappa shape index (κ2) is 7.28. The van der Waals surface area contributed by atoms with E-state index in [1.165, 1.54) is 16.7 Å². The lowest BCUT2D eigenvalue weighted by atomic mass is 10.1. The molecule has 0 bridgehead atoms. The van der Waals surface area contributed by atoms with E-state index in [1.54, 1.807) is 0 Å². The van der Waals surface area contributed by atoms with Crippen LogP contribution in [0.4, 0.5) is 0 Å². The summed E-state index contributed by atoms with van der Waals surface area (Å²) in [5, 5.41) is 9.64. The van der Waals surface area contributed by atoms with Crippen LogP contribution in [-0.2, 0) is 13.2 Å². The average Bonchev–Trinajstić information content (AvgIpc) is 2.92. The third-order valence-electron chi connectivity index (χ3n) is 4.71. The molecule has 0 saturated heterocycles. The second-order valence-electron chi connectivity index (χ2n) is 6.73. The molecule has 0 fully saturated rings. The van der Waals surface area contributed by atoms with Crippen LogP contribution in [0, 0.1) is 27.7 Å². The first kappa shape index (κ1) is 17.5. The third kappa shape index (κ3) is 3.69. The highest BCUT2D eigenvalue weighted by atomic mass is 16.5. The van der Waals surface area contributed by atoms with Gasteiger partial charge < -0.3 is 14.4 Å². The molecule has 0 spiro atoms. The summed E-state index contributed by atoms with van der Waals surface area (Å²) >= 11 is 0. The predicted octanol–water partition coefficient (Wildman–Crippen LogP) is 4.23. The van der Waals surface area contributed by atoms with Crippen LogP contribution >= 0.6 is 0 Å². The van der Waals surface area contributed by atoms with Crippen LogP contribution in [0.25, 0.3) is 11.0 Å². The van der Waals surface area contributed by atoms with Gasteiger partial charge in [-0.05, 0) is 74.6 Å². The van der Waals surface area contributed by atoms with E-state index in [0.717, 1.165) is 35.3 Å². The molecule has 0 radical (unpaired) electrons. The summed E-state index contributed by atoms with van der Waals surface area (Å²) in [7, 11) is 0. The minimum absolute atomic E-state index is 0.0510. The molecule has 0 aliphatic rings. The third-order valence-corrected chi connectivity index (χ3v) is 4.71. The summed E-state index contributed by atoms with van der Waals surface area (Å²) in [6, 6.07) is 10.5. The van der Waals surface area contributed by atoms with Gasteiger partial charge in [0, 0.05) is 6.54 Å². The van der Waals surface area contributed by atoms with E-state index in [1.807, 2.05) is 0 Å². The molecule has 25 heavy (non-hydrogen) atoms. The molecule has 3 rings (SSSR count). The van der Waals surface area contributed by atoms with Gasteiger partial charge >= 0.3 is 0 Å². The maximum atomic E-state index is 9.64. The van der Waals surface area contributed by atoms with Crippen LogP contribution in [0.1, 0.15) is 34.5 Å². The molecule has 0 aliphatic heterocycles. The number of aliphatic hydroxyl groups excluding tert-OH is 1. The fourth-order valence-corrected chi connectivity index (χ4v) is 3.07. The molecule has 132 valence electrons. The van der Waals surface area contributed by atoms with Crippen LogP contribution in [0.15, 0.2) is 30.3 Å². The van der Waals surface area contributed by atoms with Crippen LogP contribution in [0.5, 0.6) is 5.75 Å². The van der Waals surface area contributed by atoms with Crippen LogP contribution < -0.4 is 4.74 Å². The zero-order chi connectivity index (χ0) is 18.0. The number of imidazole rings is 1. The van der Waals surface area contributed by atoms with Crippen molar-refractivity contribution >= 4 is 11.0 Å². The van der Waals surface area contributed by atoms with E-state index in [2.05, 4.69) is 67.6 Å². The van der Waals surface area contributed by atoms with Crippen molar-refractivity contribution in [3.8, 4) is 5.75 Å². The summed E-state index contributed by atoms with van der Waals surface area (Å²) < 4.78 is 8.05. The molecule has 4 nitrogen and oxygen atoms in total. The first-order valence-electron chi connectivity index (χ1n) is 8.77. The molecule has 1 N–H and O–H groups in total. The highest BCUT2D eigenvalue weighted by molar-refractivity contribution is 5.78. The summed E-state index contributed by atoms with van der Waals surface area (Å²) in [6.07, 6.45) is 0.860. The number of aliphatic hydroxyl groups is 1. The lowest BCUT2D eigenvalue weighted by Gasteiger charge is -2.12. The molecule has 1 heterocycles. The summed E-state index contributed by atoms with van der Waals surface area (Å²) in [5.41, 5.74) is 6.85. The monoisotopic (exact) mass is 338 g/mol. The zero-order valence-corrected chi connectivity index (χ0v) is 15.5. The molecule has 2 aromatic carbocycles. The molecule has 0 atom stereocenters. The lowest BCUT2D eigenvalue weighted by molar-refractivity contribution is 0.261. The standard InChI is InChI=1S/C21H26N2O2/c1-14-6-7-15(2)20(10-14)25-9-5-8-23-19-12-17(4)16(3)11-18(19)22-21(23)13-24/h6-7,10-12,24H,5,8-9,13H2,1-4H3. The first-order valence-corrected chi connectivity index (χ1v) is 8.77. The molecular weight excluding hydrogens is 312 g/mol. The minimum atomic E-state index is -0.0510. The SMILES string of the molecule is Cc1ccc(C)c(OCCCn2c(CO)nc3cc(C)c(C)cc32)c1. The van der Waals surface area contributed by atoms with Crippen molar-refractivity contribution in [3.63, 3.8) is 0 Å². The van der Waals surface area contributed by atoms with Gasteiger partial charge in [0.25, 0.3) is 0 Å². The number of ether oxygens (including phenoxy) is 1. The Bertz CT molecular complexity index is 897. The highest BCUT2D eigenvalue weighted by Gasteiger charge is 2.11. The average molecular weight is 338 g/mol. The largest absolute Gasteiger partial charge is 0.493 e. The maximum absolute atomic E-state index is 9.64. The number of benzene rings is 2. The van der Waals surface area contributed by atoms with Gasteiger partial charge in [0.15, 0.2) is 0 Å². The fourth-order valence-electron chi connectivity index (χ4n) is 3.07. The van der Waals surface area contributed by atoms with Gasteiger partial charge in [-0.2, -0.15) is 0 Å². The normalized spacial score (nSPS) is 11.2. The lowest BCUT2D eigenvalue weighted by Crippen LogP contribution is -2.08. The van der Waals surface area contributed by atoms with Gasteiger partial charge in [0.05, 0.1) is 17.6 Å². The Labute approximate surface area is 149 Å². The van der Waals surface area contributed by atoms with Crippen molar-refractivity contribution < 1.29 is 9.84 Å². The van der Waals surface area contributed by atoms with Crippen LogP contribution in [-0.4, -0.2) is 21.3 Å². The Morgan fingerprint density at radius 3 is 2.52 bits per heavy atom. The molecule has 0 unspecified atom stereocenters. The summed E-state index contributed by atoms with van der Waals surface area (Å²) in [6.45, 7) is 9.69. The molecule has 0 amide bonds. The van der Waals surface area contributed by atoms with Crippen LogP contribution in [0.3, 0.4) is 0 Å². The Kier molecular flexibility index (Phi) is 5.09. The van der Waals surface area contributed by atoms with E-state index >= 15 is 0 Å². The first-order chi connectivity index (χ1) is 12.0. The van der Waals surface area contributed by atoms with E-state index in [9.17, 15) is 5.11 Å². The van der Waals surface area contributed by atoms with Crippen molar-refractivity contribution in [1.29, 1.82) is 0 Å². The van der Waals surface area contributed by atoms with Gasteiger partial charge in [0.1, 0.15) is 18.2 Å². The number of nitrogens with zero attached hydrogens (tertiary/aromatic N) is 2. The van der Waals surface area contributed by atoms with E-state index in [0.29, 0.717) is 12.4 Å². The predicted molar refractivity (Wildman–Crippen MR) is 101 cm³/mol. The van der Waals surface area contributed by atoms with Crippen molar-refractivity contribution in [3.05, 3.63) is 58.4 Å². The number of aromatic nitrogens is 2. The van der Waals surface area contributed by atoms with Crippen LogP contribution in [0.2, 0.25) is 0 Å². The van der Waals surface area contributed by atoms with Crippen molar-refractivity contribution in [2.24, 2.45) is 0 Å². The highest BCUT2D eigenvalue weighted by Crippen LogP contribution is 2.22. The van der Waals surface area contributed by atoms with Gasteiger partial charge in [-0.15, -0.1) is 0 Å². The van der Waals surface area contributed by atoms with E-state index in [4.69, 9.17) is 4.74 Å². The Morgan fingerprint density at radius 1 is 1.00 bits per heavy atom. The smallest absolute Gasteiger partial charge is 0.135 e. The molecule has 3 aromatic rings. The van der Waals surface area contributed by atoms with Crippen molar-refractivity contribution in [1.82, 2.24) is 9.55 Å². The summed E-state index contributed by atoms with van der Waals surface area (Å²) in [5.74, 6) is 1.66. The Morgan fingerprint density at radius 2 is 1.76 bits per heavy atom. The van der Waals surface area contributed by atoms with Gasteiger partial charge in [-0.25, -0.2) is 4.98 Å². The van der Waals surface area contributed by atoms with E-state index < -0.39 is 0 Å². The number of aryl methyl sites for hydroxylation is 5. The number of rotatable bonds is 6. The zero-order valence-electron chi connectivity index (χ0n) is 15.5. The number of hydrogen-bond acceptors (Lipinski definition) is 3. The quantitative estimate of drug-likeness (QED) is 0.684. The fraction of sp³-hybridized carbons (Fsp3) is 0.381. The molecule has 1 aromatic heterocycles. The molecule has 0 aliphatic carbocycles. The number of fused-ring (bicyclic) bond motifs is 1. The molecule has 0 saturated carbocycles. The van der Waals surface area contributed by atoms with E-state index in [-0.39, 0.29) is 6.61 Å². The Hall–Kier alpha value is -2.33. The van der Waals surface area contributed by atoms with Crippen molar-refractivity contribution in [2.75, 3.05) is 6.61 Å². The Balaban J connectivity index is 1.72. The van der Waals surface area contributed by atoms with Gasteiger partial charge in [-0.1, -0.05) is 12.1 Å². The van der Waals surface area contributed by atoms with Gasteiger partial charge in [0.2, 0.25) is 0 Å². The van der Waals surface area contributed by atoms with Gasteiger partial charge in [-0.3, -0.25) is 0 Å². The molecule has 4 heteroatoms. The minimum Gasteiger partial charge on any atom is -0.493 e. The second-order valence-corrected chi connectivity index (χ2v) is 6.73. The summed E-state index contributed by atoms with van der Waals surface area (Å²) in [4.78, 5) is 4.57. The number of hydrogen-bond donors (Lipinski definition) is 1. The topological polar surface area (TPSA) is 47.3 Å². The maximum Gasteiger partial charge on any atom is 0.135 e.